The zero-order chi connectivity index (χ0) is 18.9. The molecule has 0 aliphatic carbocycles. The van der Waals surface area contributed by atoms with E-state index >= 15 is 0 Å². The highest BCUT2D eigenvalue weighted by Crippen LogP contribution is 2.19. The van der Waals surface area contributed by atoms with E-state index in [4.69, 9.17) is 4.74 Å². The number of hydrogen-bond donors (Lipinski definition) is 2. The van der Waals surface area contributed by atoms with Gasteiger partial charge in [-0.15, -0.1) is 35.3 Å². The molecular weight excluding hydrogens is 478 g/mol. The summed E-state index contributed by atoms with van der Waals surface area (Å²) in [6.07, 6.45) is 0. The zero-order valence-electron chi connectivity index (χ0n) is 16.2. The number of aromatic nitrogens is 1. The summed E-state index contributed by atoms with van der Waals surface area (Å²) < 4.78 is 19.2. The number of ether oxygens (including phenoxy) is 1. The van der Waals surface area contributed by atoms with Crippen molar-refractivity contribution in [3.05, 3.63) is 45.7 Å². The van der Waals surface area contributed by atoms with Gasteiger partial charge < -0.3 is 15.4 Å². The molecule has 0 saturated carbocycles. The molecule has 8 heteroatoms. The van der Waals surface area contributed by atoms with Gasteiger partial charge in [0.15, 0.2) is 17.5 Å². The molecule has 150 valence electrons. The average Bonchev–Trinajstić information content (AvgIpc) is 3.09. The van der Waals surface area contributed by atoms with E-state index in [0.29, 0.717) is 31.6 Å². The number of aliphatic imine (C=N–C) groups is 1. The van der Waals surface area contributed by atoms with Gasteiger partial charge in [0.1, 0.15) is 5.01 Å². The van der Waals surface area contributed by atoms with Gasteiger partial charge in [-0.05, 0) is 37.5 Å². The Morgan fingerprint density at radius 2 is 2.07 bits per heavy atom. The number of nitrogens with zero attached hydrogens (tertiary/aromatic N) is 2. The van der Waals surface area contributed by atoms with Crippen molar-refractivity contribution in [2.75, 3.05) is 13.2 Å². The van der Waals surface area contributed by atoms with Crippen LogP contribution in [0.4, 0.5) is 4.39 Å². The Morgan fingerprint density at radius 1 is 1.30 bits per heavy atom. The van der Waals surface area contributed by atoms with E-state index in [1.807, 2.05) is 19.9 Å². The summed E-state index contributed by atoms with van der Waals surface area (Å²) >= 11 is 1.64. The van der Waals surface area contributed by atoms with Gasteiger partial charge in [0.25, 0.3) is 0 Å². The summed E-state index contributed by atoms with van der Waals surface area (Å²) in [7, 11) is 0. The summed E-state index contributed by atoms with van der Waals surface area (Å²) in [6, 6.07) is 4.94. The Kier molecular flexibility index (Phi) is 10.6. The van der Waals surface area contributed by atoms with Gasteiger partial charge in [0.2, 0.25) is 0 Å². The van der Waals surface area contributed by atoms with Crippen molar-refractivity contribution in [2.45, 2.75) is 46.7 Å². The molecule has 0 amide bonds. The first-order chi connectivity index (χ1) is 12.5. The molecule has 0 unspecified atom stereocenters. The largest absolute Gasteiger partial charge is 0.491 e. The Bertz CT molecular complexity index is 736. The number of hydrogen-bond acceptors (Lipinski definition) is 4. The maximum absolute atomic E-state index is 13.9. The lowest BCUT2D eigenvalue weighted by Crippen LogP contribution is -2.36. The Morgan fingerprint density at radius 3 is 2.67 bits per heavy atom. The maximum atomic E-state index is 13.9. The minimum atomic E-state index is -0.360. The number of guanidine groups is 1. The van der Waals surface area contributed by atoms with Crippen LogP contribution in [-0.4, -0.2) is 24.1 Å². The van der Waals surface area contributed by atoms with Gasteiger partial charge in [0, 0.05) is 11.9 Å². The molecule has 1 aromatic carbocycles. The van der Waals surface area contributed by atoms with Crippen molar-refractivity contribution < 1.29 is 9.13 Å². The molecule has 2 N–H and O–H groups in total. The lowest BCUT2D eigenvalue weighted by atomic mass is 10.2. The molecule has 0 aliphatic heterocycles. The van der Waals surface area contributed by atoms with E-state index in [2.05, 4.69) is 39.8 Å². The van der Waals surface area contributed by atoms with Gasteiger partial charge >= 0.3 is 0 Å². The lowest BCUT2D eigenvalue weighted by Gasteiger charge is -2.10. The monoisotopic (exact) mass is 506 g/mol. The third-order valence-corrected chi connectivity index (χ3v) is 4.50. The fraction of sp³-hybridized carbons (Fsp3) is 0.474. The smallest absolute Gasteiger partial charge is 0.191 e. The second-order valence-corrected chi connectivity index (χ2v) is 7.01. The first kappa shape index (κ1) is 23.6. The predicted molar refractivity (Wildman–Crippen MR) is 121 cm³/mol. The van der Waals surface area contributed by atoms with Gasteiger partial charge in [-0.1, -0.05) is 19.9 Å². The van der Waals surface area contributed by atoms with Crippen LogP contribution in [0.2, 0.25) is 0 Å². The fourth-order valence-corrected chi connectivity index (χ4v) is 3.15. The van der Waals surface area contributed by atoms with Crippen LogP contribution in [0, 0.1) is 5.82 Å². The lowest BCUT2D eigenvalue weighted by molar-refractivity contribution is 0.321. The van der Waals surface area contributed by atoms with Crippen LogP contribution in [0.5, 0.6) is 5.75 Å². The molecular formula is C19H28FIN4OS. The molecule has 0 bridgehead atoms. The third-order valence-electron chi connectivity index (χ3n) is 3.63. The number of thiazole rings is 1. The van der Waals surface area contributed by atoms with Gasteiger partial charge in [0.05, 0.1) is 25.4 Å². The van der Waals surface area contributed by atoms with Crippen LogP contribution in [0.25, 0.3) is 0 Å². The van der Waals surface area contributed by atoms with E-state index in [-0.39, 0.29) is 35.5 Å². The highest BCUT2D eigenvalue weighted by Gasteiger charge is 2.07. The topological polar surface area (TPSA) is 58.5 Å². The van der Waals surface area contributed by atoms with Crippen molar-refractivity contribution in [3.63, 3.8) is 0 Å². The molecule has 0 atom stereocenters. The van der Waals surface area contributed by atoms with Crippen LogP contribution in [-0.2, 0) is 13.1 Å². The first-order valence-electron chi connectivity index (χ1n) is 8.91. The van der Waals surface area contributed by atoms with Gasteiger partial charge in [-0.25, -0.2) is 14.4 Å². The van der Waals surface area contributed by atoms with Crippen LogP contribution >= 0.6 is 35.3 Å². The Hall–Kier alpha value is -1.42. The Labute approximate surface area is 181 Å². The first-order valence-corrected chi connectivity index (χ1v) is 9.79. The fourth-order valence-electron chi connectivity index (χ4n) is 2.26. The van der Waals surface area contributed by atoms with Crippen molar-refractivity contribution >= 4 is 41.3 Å². The van der Waals surface area contributed by atoms with Gasteiger partial charge in [-0.2, -0.15) is 0 Å². The van der Waals surface area contributed by atoms with E-state index in [9.17, 15) is 4.39 Å². The summed E-state index contributed by atoms with van der Waals surface area (Å²) in [5.41, 5.74) is 1.90. The second-order valence-electron chi connectivity index (χ2n) is 6.07. The Balaban J connectivity index is 0.00000364. The highest BCUT2D eigenvalue weighted by molar-refractivity contribution is 14.0. The predicted octanol–water partition coefficient (Wildman–Crippen LogP) is 4.68. The van der Waals surface area contributed by atoms with Crippen LogP contribution < -0.4 is 15.4 Å². The molecule has 5 nitrogen and oxygen atoms in total. The molecule has 0 saturated heterocycles. The molecule has 2 rings (SSSR count). The summed E-state index contributed by atoms with van der Waals surface area (Å²) in [5, 5.41) is 9.58. The third kappa shape index (κ3) is 7.61. The van der Waals surface area contributed by atoms with Crippen molar-refractivity contribution in [2.24, 2.45) is 4.99 Å². The van der Waals surface area contributed by atoms with Crippen LogP contribution in [0.1, 0.15) is 49.9 Å². The maximum Gasteiger partial charge on any atom is 0.191 e. The summed E-state index contributed by atoms with van der Waals surface area (Å²) in [5.74, 6) is 1.02. The van der Waals surface area contributed by atoms with Crippen molar-refractivity contribution in [1.82, 2.24) is 15.6 Å². The second kappa shape index (κ2) is 12.1. The molecule has 0 aliphatic rings. The van der Waals surface area contributed by atoms with Crippen LogP contribution in [0.15, 0.2) is 28.6 Å². The molecule has 1 heterocycles. The molecule has 0 spiro atoms. The minimum Gasteiger partial charge on any atom is -0.491 e. The van der Waals surface area contributed by atoms with E-state index in [1.54, 1.807) is 17.4 Å². The molecule has 0 radical (unpaired) electrons. The number of nitrogens with one attached hydrogen (secondary N) is 2. The minimum absolute atomic E-state index is 0. The number of rotatable bonds is 8. The van der Waals surface area contributed by atoms with E-state index < -0.39 is 0 Å². The molecule has 2 aromatic rings. The SMILES string of the molecule is CCNC(=NCc1ccc(OCC)c(F)c1)NCc1nc(C(C)C)cs1.I. The summed E-state index contributed by atoms with van der Waals surface area (Å²) in [6.45, 7) is 10.3. The standard InChI is InChI=1S/C19H27FN4OS.HI/c1-5-21-19(23-11-18-24-16(12-26-18)13(3)4)22-10-14-7-8-17(25-6-2)15(20)9-14;/h7-9,12-13H,5-6,10-11H2,1-4H3,(H2,21,22,23);1H. The van der Waals surface area contributed by atoms with Crippen molar-refractivity contribution in [3.8, 4) is 5.75 Å². The molecule has 27 heavy (non-hydrogen) atoms. The van der Waals surface area contributed by atoms with E-state index in [1.165, 1.54) is 6.07 Å². The quantitative estimate of drug-likeness (QED) is 0.310. The van der Waals surface area contributed by atoms with E-state index in [0.717, 1.165) is 22.8 Å². The summed E-state index contributed by atoms with van der Waals surface area (Å²) in [4.78, 5) is 9.13. The highest BCUT2D eigenvalue weighted by atomic mass is 127. The average molecular weight is 506 g/mol. The molecule has 1 aromatic heterocycles. The zero-order valence-corrected chi connectivity index (χ0v) is 19.4. The number of halogens is 2. The van der Waals surface area contributed by atoms with Gasteiger partial charge in [-0.3, -0.25) is 0 Å². The molecule has 0 fully saturated rings. The van der Waals surface area contributed by atoms with Crippen molar-refractivity contribution in [1.29, 1.82) is 0 Å². The van der Waals surface area contributed by atoms with Crippen LogP contribution in [0.3, 0.4) is 0 Å². The normalized spacial score (nSPS) is 11.3. The number of benzene rings is 1.